The lowest BCUT2D eigenvalue weighted by atomic mass is 10.0. The molecular formula is C19H20O. The number of ketones is 1. The molecule has 0 saturated carbocycles. The first-order valence-corrected chi connectivity index (χ1v) is 6.84. The van der Waals surface area contributed by atoms with Crippen LogP contribution >= 0.6 is 0 Å². The van der Waals surface area contributed by atoms with Crippen LogP contribution in [0, 0.1) is 27.7 Å². The van der Waals surface area contributed by atoms with Crippen molar-refractivity contribution in [1.29, 1.82) is 0 Å². The molecule has 2 aromatic rings. The minimum Gasteiger partial charge on any atom is -0.289 e. The van der Waals surface area contributed by atoms with Gasteiger partial charge in [0.1, 0.15) is 0 Å². The molecule has 0 amide bonds. The van der Waals surface area contributed by atoms with Gasteiger partial charge in [0.25, 0.3) is 0 Å². The third-order valence-electron chi connectivity index (χ3n) is 3.63. The van der Waals surface area contributed by atoms with Crippen molar-refractivity contribution in [3.63, 3.8) is 0 Å². The van der Waals surface area contributed by atoms with Crippen LogP contribution in [0.5, 0.6) is 0 Å². The highest BCUT2D eigenvalue weighted by atomic mass is 16.1. The highest BCUT2D eigenvalue weighted by Gasteiger charge is 2.03. The highest BCUT2D eigenvalue weighted by molar-refractivity contribution is 6.07. The third-order valence-corrected chi connectivity index (χ3v) is 3.63. The van der Waals surface area contributed by atoms with E-state index in [4.69, 9.17) is 0 Å². The summed E-state index contributed by atoms with van der Waals surface area (Å²) >= 11 is 0. The summed E-state index contributed by atoms with van der Waals surface area (Å²) in [5, 5.41) is 0. The maximum atomic E-state index is 12.2. The normalized spacial score (nSPS) is 11.0. The second-order valence-corrected chi connectivity index (χ2v) is 5.36. The minimum absolute atomic E-state index is 0.0491. The Hall–Kier alpha value is -2.15. The fourth-order valence-corrected chi connectivity index (χ4v) is 2.17. The van der Waals surface area contributed by atoms with E-state index in [1.807, 2.05) is 31.2 Å². The van der Waals surface area contributed by atoms with E-state index in [1.165, 1.54) is 16.7 Å². The predicted octanol–water partition coefficient (Wildman–Crippen LogP) is 4.82. The fraction of sp³-hybridized carbons (Fsp3) is 0.211. The summed E-state index contributed by atoms with van der Waals surface area (Å²) < 4.78 is 0. The number of hydrogen-bond donors (Lipinski definition) is 0. The van der Waals surface area contributed by atoms with Gasteiger partial charge in [-0.1, -0.05) is 42.0 Å². The lowest BCUT2D eigenvalue weighted by molar-refractivity contribution is 0.104. The number of carbonyl (C=O) groups excluding carboxylic acids is 1. The Labute approximate surface area is 121 Å². The van der Waals surface area contributed by atoms with Crippen LogP contribution in [0.3, 0.4) is 0 Å². The van der Waals surface area contributed by atoms with E-state index in [-0.39, 0.29) is 5.78 Å². The number of allylic oxidation sites excluding steroid dienone is 1. The molecule has 0 atom stereocenters. The number of benzene rings is 2. The van der Waals surface area contributed by atoms with Crippen LogP contribution in [0.4, 0.5) is 0 Å². The number of rotatable bonds is 3. The van der Waals surface area contributed by atoms with Gasteiger partial charge in [0.05, 0.1) is 0 Å². The van der Waals surface area contributed by atoms with E-state index in [0.717, 1.165) is 16.7 Å². The van der Waals surface area contributed by atoms with E-state index in [0.29, 0.717) is 0 Å². The average molecular weight is 264 g/mol. The molecular weight excluding hydrogens is 244 g/mol. The van der Waals surface area contributed by atoms with Crippen molar-refractivity contribution in [1.82, 2.24) is 0 Å². The molecule has 0 bridgehead atoms. The maximum absolute atomic E-state index is 12.2. The zero-order chi connectivity index (χ0) is 14.7. The van der Waals surface area contributed by atoms with Crippen molar-refractivity contribution in [3.8, 4) is 0 Å². The van der Waals surface area contributed by atoms with Crippen LogP contribution in [0.25, 0.3) is 6.08 Å². The molecule has 1 nitrogen and oxygen atoms in total. The van der Waals surface area contributed by atoms with E-state index < -0.39 is 0 Å². The predicted molar refractivity (Wildman–Crippen MR) is 85.2 cm³/mol. The van der Waals surface area contributed by atoms with Crippen molar-refractivity contribution >= 4 is 11.9 Å². The Balaban J connectivity index is 2.22. The van der Waals surface area contributed by atoms with E-state index in [1.54, 1.807) is 6.08 Å². The van der Waals surface area contributed by atoms with Gasteiger partial charge in [0.2, 0.25) is 0 Å². The largest absolute Gasteiger partial charge is 0.289 e. The summed E-state index contributed by atoms with van der Waals surface area (Å²) in [7, 11) is 0. The number of carbonyl (C=O) groups is 1. The zero-order valence-electron chi connectivity index (χ0n) is 12.5. The lowest BCUT2D eigenvalue weighted by Crippen LogP contribution is -1.96. The van der Waals surface area contributed by atoms with Crippen LogP contribution in [-0.4, -0.2) is 5.78 Å². The highest BCUT2D eigenvalue weighted by Crippen LogP contribution is 2.14. The molecule has 0 N–H and O–H groups in total. The van der Waals surface area contributed by atoms with Crippen molar-refractivity contribution < 1.29 is 4.79 Å². The van der Waals surface area contributed by atoms with Crippen LogP contribution in [0.15, 0.2) is 42.5 Å². The smallest absolute Gasteiger partial charge is 0.185 e. The molecule has 1 heteroatoms. The molecule has 102 valence electrons. The van der Waals surface area contributed by atoms with Gasteiger partial charge in [0, 0.05) is 5.56 Å². The summed E-state index contributed by atoms with van der Waals surface area (Å²) in [5.74, 6) is 0.0491. The van der Waals surface area contributed by atoms with Crippen molar-refractivity contribution in [2.24, 2.45) is 0 Å². The molecule has 0 aliphatic heterocycles. The second-order valence-electron chi connectivity index (χ2n) is 5.36. The fourth-order valence-electron chi connectivity index (χ4n) is 2.17. The van der Waals surface area contributed by atoms with E-state index in [2.05, 4.69) is 39.0 Å². The monoisotopic (exact) mass is 264 g/mol. The van der Waals surface area contributed by atoms with Gasteiger partial charge >= 0.3 is 0 Å². The lowest BCUT2D eigenvalue weighted by Gasteiger charge is -2.03. The van der Waals surface area contributed by atoms with Gasteiger partial charge in [-0.05, 0) is 62.1 Å². The molecule has 0 unspecified atom stereocenters. The molecule has 20 heavy (non-hydrogen) atoms. The second kappa shape index (κ2) is 5.87. The van der Waals surface area contributed by atoms with Crippen LogP contribution in [-0.2, 0) is 0 Å². The van der Waals surface area contributed by atoms with Crippen molar-refractivity contribution in [2.45, 2.75) is 27.7 Å². The summed E-state index contributed by atoms with van der Waals surface area (Å²) in [6.07, 6.45) is 3.55. The standard InChI is InChI=1S/C19H20O/c1-13-5-7-17(16(4)11-13)9-10-19(20)18-8-6-14(2)15(3)12-18/h5-12H,1-4H3. The van der Waals surface area contributed by atoms with Crippen molar-refractivity contribution in [2.75, 3.05) is 0 Å². The molecule has 0 aliphatic carbocycles. The van der Waals surface area contributed by atoms with Gasteiger partial charge in [0.15, 0.2) is 5.78 Å². The first kappa shape index (κ1) is 14.3. The van der Waals surface area contributed by atoms with E-state index in [9.17, 15) is 4.79 Å². The Morgan fingerprint density at radius 2 is 1.60 bits per heavy atom. The van der Waals surface area contributed by atoms with Gasteiger partial charge in [-0.2, -0.15) is 0 Å². The average Bonchev–Trinajstić information content (AvgIpc) is 2.40. The Morgan fingerprint density at radius 3 is 2.25 bits per heavy atom. The summed E-state index contributed by atoms with van der Waals surface area (Å²) in [6, 6.07) is 12.1. The third kappa shape index (κ3) is 3.24. The minimum atomic E-state index is 0.0491. The van der Waals surface area contributed by atoms with Crippen LogP contribution in [0.2, 0.25) is 0 Å². The van der Waals surface area contributed by atoms with Crippen LogP contribution in [0.1, 0.15) is 38.2 Å². The van der Waals surface area contributed by atoms with Gasteiger partial charge in [-0.15, -0.1) is 0 Å². The Morgan fingerprint density at radius 1 is 0.850 bits per heavy atom. The van der Waals surface area contributed by atoms with Crippen molar-refractivity contribution in [3.05, 3.63) is 75.9 Å². The number of hydrogen-bond acceptors (Lipinski definition) is 1. The summed E-state index contributed by atoms with van der Waals surface area (Å²) in [4.78, 5) is 12.2. The molecule has 0 aliphatic rings. The molecule has 0 fully saturated rings. The topological polar surface area (TPSA) is 17.1 Å². The molecule has 2 aromatic carbocycles. The van der Waals surface area contributed by atoms with Crippen LogP contribution < -0.4 is 0 Å². The Kier molecular flexibility index (Phi) is 4.19. The summed E-state index contributed by atoms with van der Waals surface area (Å²) in [5.41, 5.74) is 6.62. The molecule has 0 spiro atoms. The number of aryl methyl sites for hydroxylation is 4. The molecule has 2 rings (SSSR count). The zero-order valence-corrected chi connectivity index (χ0v) is 12.5. The van der Waals surface area contributed by atoms with Gasteiger partial charge < -0.3 is 0 Å². The maximum Gasteiger partial charge on any atom is 0.185 e. The first-order chi connectivity index (χ1) is 9.47. The quantitative estimate of drug-likeness (QED) is 0.574. The van der Waals surface area contributed by atoms with E-state index >= 15 is 0 Å². The Bertz CT molecular complexity index is 678. The summed E-state index contributed by atoms with van der Waals surface area (Å²) in [6.45, 7) is 8.21. The molecule has 0 radical (unpaired) electrons. The molecule has 0 heterocycles. The SMILES string of the molecule is Cc1ccc(C=CC(=O)c2ccc(C)c(C)c2)c(C)c1. The van der Waals surface area contributed by atoms with Gasteiger partial charge in [-0.3, -0.25) is 4.79 Å². The first-order valence-electron chi connectivity index (χ1n) is 6.84. The molecule has 0 saturated heterocycles. The van der Waals surface area contributed by atoms with Gasteiger partial charge in [-0.25, -0.2) is 0 Å². The molecule has 0 aromatic heterocycles.